The van der Waals surface area contributed by atoms with Gasteiger partial charge in [-0.15, -0.1) is 0 Å². The zero-order chi connectivity index (χ0) is 24.3. The topological polar surface area (TPSA) is 127 Å². The summed E-state index contributed by atoms with van der Waals surface area (Å²) >= 11 is 5.18. The van der Waals surface area contributed by atoms with Crippen LogP contribution < -0.4 is 10.3 Å². The number of nitrogens with two attached hydrogens (primary N) is 1. The van der Waals surface area contributed by atoms with Crippen molar-refractivity contribution in [1.29, 1.82) is 0 Å². The lowest BCUT2D eigenvalue weighted by Crippen LogP contribution is -2.57. The first-order valence-corrected chi connectivity index (χ1v) is 12.2. The third kappa shape index (κ3) is 3.46. The molecular weight excluding hydrogens is 505 g/mol. The van der Waals surface area contributed by atoms with Gasteiger partial charge >= 0.3 is 12.6 Å². The molecule has 0 saturated carbocycles. The van der Waals surface area contributed by atoms with Gasteiger partial charge in [-0.1, -0.05) is 18.2 Å². The molecule has 5 rings (SSSR count). The number of aliphatic hydroxyl groups is 1. The zero-order valence-electron chi connectivity index (χ0n) is 16.9. The van der Waals surface area contributed by atoms with Crippen molar-refractivity contribution in [3.05, 3.63) is 42.5 Å². The third-order valence-corrected chi connectivity index (χ3v) is 7.72. The Morgan fingerprint density at radius 2 is 2.06 bits per heavy atom. The molecule has 1 aromatic carbocycles. The van der Waals surface area contributed by atoms with Gasteiger partial charge in [-0.2, -0.15) is 8.78 Å². The van der Waals surface area contributed by atoms with E-state index in [1.54, 1.807) is 24.3 Å². The second kappa shape index (κ2) is 8.07. The van der Waals surface area contributed by atoms with Gasteiger partial charge < -0.3 is 20.1 Å². The zero-order valence-corrected chi connectivity index (χ0v) is 18.6. The molecule has 3 aromatic rings. The second-order valence-electron chi connectivity index (χ2n) is 7.54. The fourth-order valence-corrected chi connectivity index (χ4v) is 5.49. The highest BCUT2D eigenvalue weighted by Gasteiger charge is 2.74. The summed E-state index contributed by atoms with van der Waals surface area (Å²) in [6.45, 7) is -5.21. The summed E-state index contributed by atoms with van der Waals surface area (Å²) in [5, 5.41) is 10.4. The predicted octanol–water partition coefficient (Wildman–Crippen LogP) is 2.79. The Morgan fingerprint density at radius 3 is 2.82 bits per heavy atom. The molecule has 182 valence electrons. The van der Waals surface area contributed by atoms with Gasteiger partial charge in [0.2, 0.25) is 5.60 Å². The standard InChI is InChI=1S/C18H16F4N5O5PS/c19-16(20)17(6-30-33(34)29-5-9-3-1-2-4-10(9)32-33)18(21,22)12(28)15(31-17)27-8-26-11-13(23)24-7-25-14(11)27/h1-4,7-8,12,15-16,28H,5-6H2,(H2,23,24,25)/t12-,15+,17-,33?/m0/s1. The Kier molecular flexibility index (Phi) is 5.54. The number of halogens is 4. The van der Waals surface area contributed by atoms with Gasteiger partial charge in [0, 0.05) is 17.4 Å². The molecule has 34 heavy (non-hydrogen) atoms. The minimum atomic E-state index is -4.48. The van der Waals surface area contributed by atoms with E-state index in [9.17, 15) is 13.9 Å². The molecule has 0 aliphatic carbocycles. The molecule has 0 bridgehead atoms. The maximum atomic E-state index is 15.2. The van der Waals surface area contributed by atoms with Crippen molar-refractivity contribution in [3.63, 3.8) is 0 Å². The first-order valence-electron chi connectivity index (χ1n) is 9.69. The van der Waals surface area contributed by atoms with Crippen LogP contribution in [0.2, 0.25) is 0 Å². The number of aliphatic hydroxyl groups excluding tert-OH is 1. The highest BCUT2D eigenvalue weighted by atomic mass is 32.5. The third-order valence-electron chi connectivity index (χ3n) is 5.55. The van der Waals surface area contributed by atoms with Crippen LogP contribution in [-0.4, -0.2) is 55.3 Å². The molecule has 1 fully saturated rings. The Balaban J connectivity index is 1.46. The average molecular weight is 521 g/mol. The smallest absolute Gasteiger partial charge is 0.381 e. The van der Waals surface area contributed by atoms with Gasteiger partial charge in [-0.05, 0) is 6.07 Å². The van der Waals surface area contributed by atoms with E-state index in [4.69, 9.17) is 35.8 Å². The minimum Gasteiger partial charge on any atom is -0.424 e. The summed E-state index contributed by atoms with van der Waals surface area (Å²) < 4.78 is 81.0. The fraction of sp³-hybridized carbons (Fsp3) is 0.389. The van der Waals surface area contributed by atoms with Crippen molar-refractivity contribution < 1.29 is 41.0 Å². The largest absolute Gasteiger partial charge is 0.424 e. The first-order chi connectivity index (χ1) is 16.1. The molecule has 2 aliphatic heterocycles. The number of hydrogen-bond donors (Lipinski definition) is 2. The van der Waals surface area contributed by atoms with Crippen LogP contribution in [0.15, 0.2) is 36.9 Å². The minimum absolute atomic E-state index is 0.0190. The van der Waals surface area contributed by atoms with E-state index in [0.717, 1.165) is 17.2 Å². The summed E-state index contributed by atoms with van der Waals surface area (Å²) in [7, 11) is 0. The van der Waals surface area contributed by atoms with Crippen LogP contribution in [0.25, 0.3) is 11.2 Å². The fourth-order valence-electron chi connectivity index (χ4n) is 3.69. The van der Waals surface area contributed by atoms with Gasteiger partial charge in [0.15, 0.2) is 23.8 Å². The summed E-state index contributed by atoms with van der Waals surface area (Å²) in [5.41, 5.74) is 2.65. The lowest BCUT2D eigenvalue weighted by Gasteiger charge is -2.35. The number of benzene rings is 1. The maximum Gasteiger partial charge on any atom is 0.381 e. The number of nitrogens with zero attached hydrogens (tertiary/aromatic N) is 4. The number of rotatable bonds is 5. The van der Waals surface area contributed by atoms with Crippen LogP contribution in [0.3, 0.4) is 0 Å². The van der Waals surface area contributed by atoms with Crippen LogP contribution in [0.4, 0.5) is 23.4 Å². The molecule has 0 radical (unpaired) electrons. The second-order valence-corrected chi connectivity index (χ2v) is 10.5. The van der Waals surface area contributed by atoms with Crippen molar-refractivity contribution in [2.75, 3.05) is 12.3 Å². The van der Waals surface area contributed by atoms with Gasteiger partial charge in [0.1, 0.15) is 17.6 Å². The molecule has 3 N–H and O–H groups in total. The lowest BCUT2D eigenvalue weighted by atomic mass is 9.95. The van der Waals surface area contributed by atoms with Crippen molar-refractivity contribution in [3.8, 4) is 5.75 Å². The number of aromatic nitrogens is 4. The van der Waals surface area contributed by atoms with E-state index in [1.807, 2.05) is 0 Å². The van der Waals surface area contributed by atoms with Crippen LogP contribution in [-0.2, 0) is 32.2 Å². The molecule has 1 unspecified atom stereocenters. The SMILES string of the molecule is Nc1ncnc2c1ncn2[C@@H]1O[C@@](COP2(=S)OCc3ccccc3O2)(C(F)F)C(F)(F)[C@H]1O. The van der Waals surface area contributed by atoms with Crippen LogP contribution in [0, 0.1) is 0 Å². The van der Waals surface area contributed by atoms with E-state index in [-0.39, 0.29) is 23.6 Å². The molecule has 4 heterocycles. The number of fused-ring (bicyclic) bond motifs is 2. The van der Waals surface area contributed by atoms with Crippen LogP contribution in [0.1, 0.15) is 11.8 Å². The quantitative estimate of drug-likeness (QED) is 0.382. The number of ether oxygens (including phenoxy) is 1. The van der Waals surface area contributed by atoms with Crippen molar-refractivity contribution in [2.24, 2.45) is 0 Å². The van der Waals surface area contributed by atoms with E-state index < -0.39 is 43.6 Å². The van der Waals surface area contributed by atoms with Gasteiger partial charge in [-0.3, -0.25) is 13.6 Å². The molecule has 2 aliphatic rings. The Hall–Kier alpha value is -2.42. The molecule has 1 saturated heterocycles. The molecule has 10 nitrogen and oxygen atoms in total. The van der Waals surface area contributed by atoms with Crippen molar-refractivity contribution in [1.82, 2.24) is 19.5 Å². The van der Waals surface area contributed by atoms with Crippen molar-refractivity contribution >= 4 is 35.5 Å². The summed E-state index contributed by atoms with van der Waals surface area (Å²) in [6.07, 6.45) is -6.50. The summed E-state index contributed by atoms with van der Waals surface area (Å²) in [5.74, 6) is -4.26. The number of alkyl halides is 4. The monoisotopic (exact) mass is 521 g/mol. The predicted molar refractivity (Wildman–Crippen MR) is 112 cm³/mol. The molecule has 16 heteroatoms. The summed E-state index contributed by atoms with van der Waals surface area (Å²) in [6, 6.07) is 6.62. The average Bonchev–Trinajstić information content (AvgIpc) is 3.31. The van der Waals surface area contributed by atoms with Crippen LogP contribution in [0.5, 0.6) is 5.75 Å². The van der Waals surface area contributed by atoms with E-state index in [0.29, 0.717) is 11.3 Å². The number of imidazole rings is 1. The van der Waals surface area contributed by atoms with E-state index >= 15 is 8.78 Å². The number of nitrogen functional groups attached to an aromatic ring is 1. The van der Waals surface area contributed by atoms with Gasteiger partial charge in [0.25, 0.3) is 6.43 Å². The van der Waals surface area contributed by atoms with E-state index in [1.165, 1.54) is 0 Å². The van der Waals surface area contributed by atoms with Gasteiger partial charge in [0.05, 0.1) is 19.5 Å². The van der Waals surface area contributed by atoms with Crippen molar-refractivity contribution in [2.45, 2.75) is 36.9 Å². The van der Waals surface area contributed by atoms with Gasteiger partial charge in [-0.25, -0.2) is 23.7 Å². The Morgan fingerprint density at radius 1 is 1.29 bits per heavy atom. The highest BCUT2D eigenvalue weighted by molar-refractivity contribution is 8.07. The maximum absolute atomic E-state index is 15.2. The molecule has 0 spiro atoms. The Labute approximate surface area is 193 Å². The first kappa shape index (κ1) is 23.3. The lowest BCUT2D eigenvalue weighted by molar-refractivity contribution is -0.242. The number of anilines is 1. The van der Waals surface area contributed by atoms with E-state index in [2.05, 4.69) is 15.0 Å². The molecule has 4 atom stereocenters. The number of para-hydroxylation sites is 1. The summed E-state index contributed by atoms with van der Waals surface area (Å²) in [4.78, 5) is 11.5. The molecule has 0 amide bonds. The Bertz CT molecular complexity index is 1300. The van der Waals surface area contributed by atoms with Crippen LogP contribution >= 0.6 is 6.72 Å². The molecule has 2 aromatic heterocycles. The normalized spacial score (nSPS) is 30.4. The molecular formula is C18H16F4N5O5PS. The highest BCUT2D eigenvalue weighted by Crippen LogP contribution is 2.58. The number of hydrogen-bond acceptors (Lipinski definition) is 10.